The first-order chi connectivity index (χ1) is 9.81. The minimum absolute atomic E-state index is 0.754. The van der Waals surface area contributed by atoms with E-state index in [2.05, 4.69) is 29.1 Å². The zero-order chi connectivity index (χ0) is 13.5. The van der Waals surface area contributed by atoms with Crippen LogP contribution in [-0.2, 0) is 0 Å². The highest BCUT2D eigenvalue weighted by atomic mass is 32.1. The molecule has 4 rings (SSSR count). The van der Waals surface area contributed by atoms with Crippen LogP contribution in [0.5, 0.6) is 5.75 Å². The molecule has 0 saturated carbocycles. The van der Waals surface area contributed by atoms with Crippen molar-refractivity contribution in [1.82, 2.24) is 4.98 Å². The quantitative estimate of drug-likeness (QED) is 0.640. The van der Waals surface area contributed by atoms with Crippen LogP contribution in [0, 0.1) is 0 Å². The van der Waals surface area contributed by atoms with Gasteiger partial charge in [-0.3, -0.25) is 4.98 Å². The highest BCUT2D eigenvalue weighted by molar-refractivity contribution is 7.17. The molecule has 0 radical (unpaired) electrons. The van der Waals surface area contributed by atoms with Crippen molar-refractivity contribution in [2.75, 3.05) is 0 Å². The van der Waals surface area contributed by atoms with E-state index >= 15 is 0 Å². The molecule has 0 amide bonds. The maximum Gasteiger partial charge on any atom is 0.153 e. The first-order valence-electron chi connectivity index (χ1n) is 6.33. The molecule has 0 spiro atoms. The Hall–Kier alpha value is -2.39. The van der Waals surface area contributed by atoms with Crippen LogP contribution in [0.1, 0.15) is 11.3 Å². The number of hydrogen-bond acceptors (Lipinski definition) is 3. The standard InChI is InChI=1S/C17H11NOS/c1-11-8-16(19-15-5-3-2-4-13(11)15)14-9-17-12(10-18-14)6-7-20-17/h2-10H,1H2. The third kappa shape index (κ3) is 1.75. The van der Waals surface area contributed by atoms with Crippen molar-refractivity contribution in [3.8, 4) is 5.75 Å². The van der Waals surface area contributed by atoms with Gasteiger partial charge in [-0.25, -0.2) is 0 Å². The van der Waals surface area contributed by atoms with Gasteiger partial charge in [0, 0.05) is 21.8 Å². The molecule has 2 aromatic heterocycles. The molecule has 1 aliphatic heterocycles. The molecule has 3 aromatic rings. The fourth-order valence-electron chi connectivity index (χ4n) is 2.32. The molecule has 20 heavy (non-hydrogen) atoms. The first-order valence-corrected chi connectivity index (χ1v) is 7.21. The lowest BCUT2D eigenvalue weighted by atomic mass is 10.0. The number of pyridine rings is 1. The van der Waals surface area contributed by atoms with E-state index in [1.165, 1.54) is 4.70 Å². The van der Waals surface area contributed by atoms with Crippen molar-refractivity contribution in [2.24, 2.45) is 0 Å². The lowest BCUT2D eigenvalue weighted by molar-refractivity contribution is 0.507. The molecule has 3 heterocycles. The van der Waals surface area contributed by atoms with Crippen molar-refractivity contribution >= 4 is 32.8 Å². The number of aromatic nitrogens is 1. The number of hydrogen-bond donors (Lipinski definition) is 0. The highest BCUT2D eigenvalue weighted by Gasteiger charge is 2.17. The summed E-state index contributed by atoms with van der Waals surface area (Å²) in [6.45, 7) is 4.10. The number of ether oxygens (including phenoxy) is 1. The Kier molecular flexibility index (Phi) is 2.47. The van der Waals surface area contributed by atoms with E-state index in [-0.39, 0.29) is 0 Å². The number of allylic oxidation sites excluding steroid dienone is 2. The number of thiophene rings is 1. The van der Waals surface area contributed by atoms with Crippen molar-refractivity contribution < 1.29 is 4.74 Å². The summed E-state index contributed by atoms with van der Waals surface area (Å²) < 4.78 is 7.17. The summed E-state index contributed by atoms with van der Waals surface area (Å²) in [7, 11) is 0. The topological polar surface area (TPSA) is 22.1 Å². The van der Waals surface area contributed by atoms with Gasteiger partial charge in [-0.05, 0) is 35.2 Å². The van der Waals surface area contributed by atoms with Gasteiger partial charge >= 0.3 is 0 Å². The van der Waals surface area contributed by atoms with Gasteiger partial charge in [0.25, 0.3) is 0 Å². The van der Waals surface area contributed by atoms with Gasteiger partial charge in [0.2, 0.25) is 0 Å². The second kappa shape index (κ2) is 4.32. The smallest absolute Gasteiger partial charge is 0.153 e. The number of rotatable bonds is 1. The SMILES string of the molecule is C=C1C=C(c2cc3sccc3cn2)Oc2ccccc21. The number of fused-ring (bicyclic) bond motifs is 2. The molecule has 96 valence electrons. The molecule has 0 fully saturated rings. The summed E-state index contributed by atoms with van der Waals surface area (Å²) in [5, 5.41) is 3.23. The molecule has 2 nitrogen and oxygen atoms in total. The fraction of sp³-hybridized carbons (Fsp3) is 0. The summed E-state index contributed by atoms with van der Waals surface area (Å²) in [5.41, 5.74) is 2.83. The van der Waals surface area contributed by atoms with Crippen molar-refractivity contribution in [3.63, 3.8) is 0 Å². The fourth-order valence-corrected chi connectivity index (χ4v) is 3.12. The minimum Gasteiger partial charge on any atom is -0.454 e. The monoisotopic (exact) mass is 277 g/mol. The molecule has 1 aromatic carbocycles. The van der Waals surface area contributed by atoms with Crippen LogP contribution < -0.4 is 4.74 Å². The van der Waals surface area contributed by atoms with E-state index < -0.39 is 0 Å². The van der Waals surface area contributed by atoms with Crippen molar-refractivity contribution in [1.29, 1.82) is 0 Å². The van der Waals surface area contributed by atoms with E-state index in [1.54, 1.807) is 11.3 Å². The van der Waals surface area contributed by atoms with Gasteiger partial charge in [-0.2, -0.15) is 0 Å². The second-order valence-corrected chi connectivity index (χ2v) is 5.61. The van der Waals surface area contributed by atoms with E-state index in [1.807, 2.05) is 36.5 Å². The van der Waals surface area contributed by atoms with E-state index in [4.69, 9.17) is 4.74 Å². The van der Waals surface area contributed by atoms with Gasteiger partial charge in [0.15, 0.2) is 5.76 Å². The molecule has 0 unspecified atom stereocenters. The van der Waals surface area contributed by atoms with E-state index in [0.717, 1.165) is 33.7 Å². The summed E-state index contributed by atoms with van der Waals surface area (Å²) in [6.07, 6.45) is 3.83. The third-order valence-corrected chi connectivity index (χ3v) is 4.23. The van der Waals surface area contributed by atoms with Gasteiger partial charge in [0.05, 0.1) is 0 Å². The molecule has 0 aliphatic carbocycles. The number of nitrogens with zero attached hydrogens (tertiary/aromatic N) is 1. The van der Waals surface area contributed by atoms with Crippen LogP contribution in [0.15, 0.2) is 60.6 Å². The Balaban J connectivity index is 1.81. The molecular weight excluding hydrogens is 266 g/mol. The second-order valence-electron chi connectivity index (χ2n) is 4.66. The normalized spacial score (nSPS) is 13.8. The van der Waals surface area contributed by atoms with E-state index in [9.17, 15) is 0 Å². The molecule has 1 aliphatic rings. The Morgan fingerprint density at radius 3 is 3.00 bits per heavy atom. The molecule has 0 saturated heterocycles. The zero-order valence-corrected chi connectivity index (χ0v) is 11.5. The Labute approximate surface area is 120 Å². The Morgan fingerprint density at radius 2 is 2.05 bits per heavy atom. The van der Waals surface area contributed by atoms with Crippen LogP contribution in [0.3, 0.4) is 0 Å². The predicted molar refractivity (Wildman–Crippen MR) is 83.7 cm³/mol. The lowest BCUT2D eigenvalue weighted by Crippen LogP contribution is -2.04. The maximum atomic E-state index is 5.96. The average molecular weight is 277 g/mol. The number of para-hydroxylation sites is 1. The van der Waals surface area contributed by atoms with Gasteiger partial charge in [0.1, 0.15) is 11.4 Å². The summed E-state index contributed by atoms with van der Waals surface area (Å²) in [4.78, 5) is 4.48. The minimum atomic E-state index is 0.754. The molecule has 0 atom stereocenters. The number of benzene rings is 1. The summed E-state index contributed by atoms with van der Waals surface area (Å²) in [5.74, 6) is 1.59. The van der Waals surface area contributed by atoms with Crippen LogP contribution >= 0.6 is 11.3 Å². The van der Waals surface area contributed by atoms with Crippen LogP contribution in [-0.4, -0.2) is 4.98 Å². The molecule has 3 heteroatoms. The van der Waals surface area contributed by atoms with Gasteiger partial charge < -0.3 is 4.74 Å². The van der Waals surface area contributed by atoms with Gasteiger partial charge in [-0.15, -0.1) is 11.3 Å². The van der Waals surface area contributed by atoms with Crippen LogP contribution in [0.2, 0.25) is 0 Å². The summed E-state index contributed by atoms with van der Waals surface area (Å²) >= 11 is 1.71. The lowest BCUT2D eigenvalue weighted by Gasteiger charge is -2.19. The predicted octanol–water partition coefficient (Wildman–Crippen LogP) is 4.74. The zero-order valence-electron chi connectivity index (χ0n) is 10.7. The average Bonchev–Trinajstić information content (AvgIpc) is 2.94. The van der Waals surface area contributed by atoms with Crippen molar-refractivity contribution in [2.45, 2.75) is 0 Å². The Bertz CT molecular complexity index is 860. The van der Waals surface area contributed by atoms with E-state index in [0.29, 0.717) is 0 Å². The molecule has 0 bridgehead atoms. The highest BCUT2D eigenvalue weighted by Crippen LogP contribution is 2.36. The molecule has 0 N–H and O–H groups in total. The van der Waals surface area contributed by atoms with Crippen molar-refractivity contribution in [3.05, 3.63) is 71.9 Å². The largest absolute Gasteiger partial charge is 0.454 e. The molecular formula is C17H11NOS. The maximum absolute atomic E-state index is 5.96. The Morgan fingerprint density at radius 1 is 1.15 bits per heavy atom. The van der Waals surface area contributed by atoms with Gasteiger partial charge in [-0.1, -0.05) is 24.8 Å². The third-order valence-electron chi connectivity index (χ3n) is 3.35. The van der Waals surface area contributed by atoms with Crippen LogP contribution in [0.25, 0.3) is 21.4 Å². The first kappa shape index (κ1) is 11.4. The summed E-state index contributed by atoms with van der Waals surface area (Å²) in [6, 6.07) is 12.1. The van der Waals surface area contributed by atoms with Crippen LogP contribution in [0.4, 0.5) is 0 Å².